The Balaban J connectivity index is 1.92. The number of piperazine rings is 1. The molecular weight excluding hydrogens is 222 g/mol. The summed E-state index contributed by atoms with van der Waals surface area (Å²) in [5, 5.41) is 6.69. The fraction of sp³-hybridized carbons (Fsp3) is 0.533. The van der Waals surface area contributed by atoms with E-state index >= 15 is 0 Å². The van der Waals surface area contributed by atoms with Crippen LogP contribution in [0.3, 0.4) is 0 Å². The first-order chi connectivity index (χ1) is 8.65. The van der Waals surface area contributed by atoms with Gasteiger partial charge in [-0.05, 0) is 24.1 Å². The third-order valence-electron chi connectivity index (χ3n) is 3.45. The Morgan fingerprint density at radius 3 is 2.22 bits per heavy atom. The Bertz CT molecular complexity index is 387. The van der Waals surface area contributed by atoms with Crippen LogP contribution in [0.1, 0.15) is 30.9 Å². The maximum absolute atomic E-state index is 4.54. The Hall–Kier alpha value is -1.35. The van der Waals surface area contributed by atoms with Gasteiger partial charge in [0.1, 0.15) is 0 Å². The van der Waals surface area contributed by atoms with Crippen LogP contribution in [0.25, 0.3) is 0 Å². The molecular formula is C15H23N3. The van der Waals surface area contributed by atoms with E-state index < -0.39 is 0 Å². The highest BCUT2D eigenvalue weighted by Gasteiger charge is 2.10. The smallest absolute Gasteiger partial charge is 0.0542 e. The van der Waals surface area contributed by atoms with Crippen LogP contribution in [0.15, 0.2) is 29.4 Å². The van der Waals surface area contributed by atoms with Gasteiger partial charge in [0.05, 0.1) is 6.21 Å². The second kappa shape index (κ2) is 6.01. The Morgan fingerprint density at radius 2 is 1.67 bits per heavy atom. The van der Waals surface area contributed by atoms with Gasteiger partial charge in [-0.2, -0.15) is 5.10 Å². The molecule has 0 radical (unpaired) electrons. The molecule has 0 spiro atoms. The van der Waals surface area contributed by atoms with Crippen molar-refractivity contribution in [2.24, 2.45) is 5.10 Å². The molecule has 0 aromatic heterocycles. The number of rotatable bonds is 3. The normalized spacial score (nSPS) is 17.9. The van der Waals surface area contributed by atoms with Crippen LogP contribution in [0.5, 0.6) is 0 Å². The minimum absolute atomic E-state index is 0.591. The van der Waals surface area contributed by atoms with Gasteiger partial charge in [-0.15, -0.1) is 0 Å². The van der Waals surface area contributed by atoms with Crippen molar-refractivity contribution < 1.29 is 0 Å². The number of likely N-dealkylation sites (N-methyl/N-ethyl adjacent to an activating group) is 1. The topological polar surface area (TPSA) is 18.8 Å². The molecule has 1 aliphatic rings. The third kappa shape index (κ3) is 3.57. The largest absolute Gasteiger partial charge is 0.303 e. The van der Waals surface area contributed by atoms with E-state index in [1.165, 1.54) is 11.1 Å². The Labute approximate surface area is 110 Å². The standard InChI is InChI=1S/C15H23N3/c1-13(2)15-6-4-14(5-7-15)12-16-18-10-8-17(3)9-11-18/h4-7,12-13H,8-11H2,1-3H3. The number of hydrogen-bond donors (Lipinski definition) is 0. The molecule has 0 amide bonds. The van der Waals surface area contributed by atoms with Crippen molar-refractivity contribution in [3.8, 4) is 0 Å². The summed E-state index contributed by atoms with van der Waals surface area (Å²) in [7, 11) is 2.16. The van der Waals surface area contributed by atoms with Crippen molar-refractivity contribution in [2.45, 2.75) is 19.8 Å². The maximum atomic E-state index is 4.54. The van der Waals surface area contributed by atoms with E-state index in [0.29, 0.717) is 5.92 Å². The first-order valence-electron chi connectivity index (χ1n) is 6.72. The van der Waals surface area contributed by atoms with Crippen molar-refractivity contribution in [3.05, 3.63) is 35.4 Å². The fourth-order valence-corrected chi connectivity index (χ4v) is 2.03. The lowest BCUT2D eigenvalue weighted by Crippen LogP contribution is -2.41. The van der Waals surface area contributed by atoms with Crippen molar-refractivity contribution in [1.82, 2.24) is 9.91 Å². The van der Waals surface area contributed by atoms with E-state index in [2.05, 4.69) is 60.2 Å². The molecule has 1 fully saturated rings. The Kier molecular flexibility index (Phi) is 4.37. The van der Waals surface area contributed by atoms with E-state index in [9.17, 15) is 0 Å². The summed E-state index contributed by atoms with van der Waals surface area (Å²) in [6, 6.07) is 8.68. The third-order valence-corrected chi connectivity index (χ3v) is 3.45. The van der Waals surface area contributed by atoms with Crippen molar-refractivity contribution in [2.75, 3.05) is 33.2 Å². The van der Waals surface area contributed by atoms with Crippen LogP contribution >= 0.6 is 0 Å². The molecule has 0 atom stereocenters. The zero-order valence-electron chi connectivity index (χ0n) is 11.6. The number of benzene rings is 1. The zero-order chi connectivity index (χ0) is 13.0. The van der Waals surface area contributed by atoms with Crippen LogP contribution in [0, 0.1) is 0 Å². The van der Waals surface area contributed by atoms with Gasteiger partial charge in [0, 0.05) is 26.2 Å². The molecule has 1 aromatic rings. The molecule has 1 saturated heterocycles. The predicted molar refractivity (Wildman–Crippen MR) is 77.2 cm³/mol. The highest BCUT2D eigenvalue weighted by atomic mass is 15.5. The summed E-state index contributed by atoms with van der Waals surface area (Å²) >= 11 is 0. The van der Waals surface area contributed by atoms with Crippen molar-refractivity contribution in [1.29, 1.82) is 0 Å². The highest BCUT2D eigenvalue weighted by Crippen LogP contribution is 2.14. The van der Waals surface area contributed by atoms with Gasteiger partial charge in [0.15, 0.2) is 0 Å². The zero-order valence-corrected chi connectivity index (χ0v) is 11.6. The van der Waals surface area contributed by atoms with Gasteiger partial charge < -0.3 is 4.90 Å². The molecule has 0 unspecified atom stereocenters. The minimum atomic E-state index is 0.591. The van der Waals surface area contributed by atoms with Gasteiger partial charge in [-0.1, -0.05) is 38.1 Å². The molecule has 0 saturated carbocycles. The average Bonchev–Trinajstić information content (AvgIpc) is 2.38. The molecule has 1 heterocycles. The first-order valence-corrected chi connectivity index (χ1v) is 6.72. The molecule has 1 aliphatic heterocycles. The summed E-state index contributed by atoms with van der Waals surface area (Å²) in [6.07, 6.45) is 1.97. The van der Waals surface area contributed by atoms with Gasteiger partial charge in [0.25, 0.3) is 0 Å². The van der Waals surface area contributed by atoms with Gasteiger partial charge in [-0.25, -0.2) is 0 Å². The minimum Gasteiger partial charge on any atom is -0.303 e. The number of hydrazone groups is 1. The monoisotopic (exact) mass is 245 g/mol. The SMILES string of the molecule is CC(C)c1ccc(C=NN2CCN(C)CC2)cc1. The van der Waals surface area contributed by atoms with Gasteiger partial charge in [-0.3, -0.25) is 5.01 Å². The Morgan fingerprint density at radius 1 is 1.06 bits per heavy atom. The van der Waals surface area contributed by atoms with Crippen LogP contribution in [-0.2, 0) is 0 Å². The summed E-state index contributed by atoms with van der Waals surface area (Å²) < 4.78 is 0. The number of hydrogen-bond acceptors (Lipinski definition) is 3. The summed E-state index contributed by atoms with van der Waals surface area (Å²) in [5.74, 6) is 0.591. The number of nitrogens with zero attached hydrogens (tertiary/aromatic N) is 3. The van der Waals surface area contributed by atoms with Crippen molar-refractivity contribution in [3.63, 3.8) is 0 Å². The molecule has 0 bridgehead atoms. The molecule has 0 aliphatic carbocycles. The van der Waals surface area contributed by atoms with E-state index in [4.69, 9.17) is 0 Å². The van der Waals surface area contributed by atoms with Crippen molar-refractivity contribution >= 4 is 6.21 Å². The van der Waals surface area contributed by atoms with E-state index in [0.717, 1.165) is 26.2 Å². The van der Waals surface area contributed by atoms with Crippen LogP contribution in [0.4, 0.5) is 0 Å². The van der Waals surface area contributed by atoms with Crippen LogP contribution < -0.4 is 0 Å². The average molecular weight is 245 g/mol. The predicted octanol–water partition coefficient (Wildman–Crippen LogP) is 2.39. The lowest BCUT2D eigenvalue weighted by Gasteiger charge is -2.30. The van der Waals surface area contributed by atoms with Gasteiger partial charge in [0.2, 0.25) is 0 Å². The summed E-state index contributed by atoms with van der Waals surface area (Å²) in [5.41, 5.74) is 2.56. The summed E-state index contributed by atoms with van der Waals surface area (Å²) in [6.45, 7) is 8.68. The molecule has 98 valence electrons. The quantitative estimate of drug-likeness (QED) is 0.761. The summed E-state index contributed by atoms with van der Waals surface area (Å²) in [4.78, 5) is 2.34. The van der Waals surface area contributed by atoms with E-state index in [-0.39, 0.29) is 0 Å². The van der Waals surface area contributed by atoms with Gasteiger partial charge >= 0.3 is 0 Å². The first kappa shape index (κ1) is 13.1. The fourth-order valence-electron chi connectivity index (χ4n) is 2.03. The molecule has 3 heteroatoms. The second-order valence-electron chi connectivity index (χ2n) is 5.32. The van der Waals surface area contributed by atoms with E-state index in [1.807, 2.05) is 6.21 Å². The van der Waals surface area contributed by atoms with E-state index in [1.54, 1.807) is 0 Å². The lowest BCUT2D eigenvalue weighted by molar-refractivity contribution is 0.159. The molecule has 2 rings (SSSR count). The van der Waals surface area contributed by atoms with Crippen LogP contribution in [-0.4, -0.2) is 49.4 Å². The molecule has 18 heavy (non-hydrogen) atoms. The highest BCUT2D eigenvalue weighted by molar-refractivity contribution is 5.79. The molecule has 0 N–H and O–H groups in total. The second-order valence-corrected chi connectivity index (χ2v) is 5.32. The maximum Gasteiger partial charge on any atom is 0.0542 e. The molecule has 3 nitrogen and oxygen atoms in total. The molecule has 1 aromatic carbocycles. The van der Waals surface area contributed by atoms with Crippen LogP contribution in [0.2, 0.25) is 0 Å². The lowest BCUT2D eigenvalue weighted by atomic mass is 10.0.